The topological polar surface area (TPSA) is 81.6 Å². The first-order chi connectivity index (χ1) is 12.4. The molecule has 1 aliphatic rings. The molecule has 7 heteroatoms. The molecule has 1 aromatic heterocycles. The van der Waals surface area contributed by atoms with Crippen LogP contribution in [0.1, 0.15) is 33.6 Å². The quantitative estimate of drug-likeness (QED) is 0.420. The molecule has 0 spiro atoms. The molecule has 2 heterocycles. The van der Waals surface area contributed by atoms with Crippen molar-refractivity contribution in [2.75, 3.05) is 38.1 Å². The van der Waals surface area contributed by atoms with Crippen LogP contribution in [0.2, 0.25) is 0 Å². The first-order valence-electron chi connectivity index (χ1n) is 9.31. The van der Waals surface area contributed by atoms with Crippen LogP contribution in [0.4, 0.5) is 5.82 Å². The summed E-state index contributed by atoms with van der Waals surface area (Å²) in [6.07, 6.45) is 3.92. The molecule has 1 fully saturated rings. The zero-order chi connectivity index (χ0) is 19.0. The average molecular weight is 361 g/mol. The van der Waals surface area contributed by atoms with E-state index in [0.717, 1.165) is 37.7 Å². The van der Waals surface area contributed by atoms with E-state index in [1.54, 1.807) is 7.05 Å². The fourth-order valence-electron chi connectivity index (χ4n) is 2.80. The Bertz CT molecular complexity index is 588. The molecule has 1 saturated heterocycles. The Balaban J connectivity index is 1.68. The summed E-state index contributed by atoms with van der Waals surface area (Å²) in [5, 5.41) is 9.67. The van der Waals surface area contributed by atoms with Crippen LogP contribution < -0.4 is 20.9 Å². The van der Waals surface area contributed by atoms with E-state index in [4.69, 9.17) is 0 Å². The van der Waals surface area contributed by atoms with Gasteiger partial charge in [-0.1, -0.05) is 26.8 Å². The maximum absolute atomic E-state index is 11.8. The summed E-state index contributed by atoms with van der Waals surface area (Å²) in [4.78, 5) is 22.9. The van der Waals surface area contributed by atoms with Crippen molar-refractivity contribution in [1.82, 2.24) is 20.9 Å². The van der Waals surface area contributed by atoms with E-state index in [0.29, 0.717) is 19.1 Å². The van der Waals surface area contributed by atoms with Gasteiger partial charge in [-0.05, 0) is 25.0 Å². The summed E-state index contributed by atoms with van der Waals surface area (Å²) < 4.78 is 0. The maximum Gasteiger partial charge on any atom is 0.225 e. The second kappa shape index (κ2) is 9.40. The Morgan fingerprint density at radius 3 is 2.50 bits per heavy atom. The second-order valence-electron chi connectivity index (χ2n) is 7.60. The number of nitrogens with one attached hydrogen (secondary N) is 3. The molecule has 0 bridgehead atoms. The number of hydrogen-bond donors (Lipinski definition) is 3. The van der Waals surface area contributed by atoms with Crippen LogP contribution in [0, 0.1) is 5.41 Å². The molecule has 0 aliphatic carbocycles. The number of piperidine rings is 1. The monoisotopic (exact) mass is 360 g/mol. The number of carbonyl (C=O) groups is 1. The average Bonchev–Trinajstić information content (AvgIpc) is 2.64. The lowest BCUT2D eigenvalue weighted by Gasteiger charge is -2.33. The SMILES string of the molecule is CN=C(NCCNC(=O)C(C)(C)C)NC1CCN(c2ccccn2)CC1. The highest BCUT2D eigenvalue weighted by Gasteiger charge is 2.21. The molecular weight excluding hydrogens is 328 g/mol. The van der Waals surface area contributed by atoms with E-state index in [2.05, 4.69) is 36.9 Å². The normalized spacial score (nSPS) is 16.3. The molecule has 7 nitrogen and oxygen atoms in total. The number of nitrogens with zero attached hydrogens (tertiary/aromatic N) is 3. The molecule has 0 saturated carbocycles. The van der Waals surface area contributed by atoms with Crippen molar-refractivity contribution < 1.29 is 4.79 Å². The molecule has 0 unspecified atom stereocenters. The molecule has 1 amide bonds. The number of guanidine groups is 1. The Labute approximate surface area is 156 Å². The Morgan fingerprint density at radius 2 is 1.92 bits per heavy atom. The molecule has 1 aliphatic heterocycles. The van der Waals surface area contributed by atoms with Crippen LogP contribution in [0.5, 0.6) is 0 Å². The van der Waals surface area contributed by atoms with Crippen molar-refractivity contribution in [2.24, 2.45) is 10.4 Å². The number of aromatic nitrogens is 1. The lowest BCUT2D eigenvalue weighted by atomic mass is 9.96. The Kier molecular flexibility index (Phi) is 7.24. The third kappa shape index (κ3) is 6.20. The van der Waals surface area contributed by atoms with Crippen LogP contribution in [0.3, 0.4) is 0 Å². The van der Waals surface area contributed by atoms with Gasteiger partial charge in [0.2, 0.25) is 5.91 Å². The lowest BCUT2D eigenvalue weighted by molar-refractivity contribution is -0.128. The number of rotatable bonds is 5. The van der Waals surface area contributed by atoms with Gasteiger partial charge in [-0.25, -0.2) is 4.98 Å². The van der Waals surface area contributed by atoms with Crippen molar-refractivity contribution in [2.45, 2.75) is 39.7 Å². The standard InChI is InChI=1S/C19H32N6O/c1-19(2,3)17(26)22-11-12-23-18(20-4)24-15-8-13-25(14-9-15)16-7-5-6-10-21-16/h5-7,10,15H,8-9,11-14H2,1-4H3,(H,22,26)(H2,20,23,24). The fourth-order valence-corrected chi connectivity index (χ4v) is 2.80. The molecule has 0 atom stereocenters. The van der Waals surface area contributed by atoms with E-state index in [-0.39, 0.29) is 11.3 Å². The fraction of sp³-hybridized carbons (Fsp3) is 0.632. The number of pyridine rings is 1. The van der Waals surface area contributed by atoms with E-state index >= 15 is 0 Å². The number of amides is 1. The summed E-state index contributed by atoms with van der Waals surface area (Å²) >= 11 is 0. The van der Waals surface area contributed by atoms with Crippen LogP contribution >= 0.6 is 0 Å². The summed E-state index contributed by atoms with van der Waals surface area (Å²) in [5.74, 6) is 1.89. The zero-order valence-electron chi connectivity index (χ0n) is 16.4. The van der Waals surface area contributed by atoms with Crippen molar-refractivity contribution in [3.05, 3.63) is 24.4 Å². The highest BCUT2D eigenvalue weighted by molar-refractivity contribution is 5.82. The van der Waals surface area contributed by atoms with Crippen LogP contribution in [-0.2, 0) is 4.79 Å². The Morgan fingerprint density at radius 1 is 1.23 bits per heavy atom. The summed E-state index contributed by atoms with van der Waals surface area (Å²) in [6, 6.07) is 6.42. The Hall–Kier alpha value is -2.31. The number of aliphatic imine (C=N–C) groups is 1. The molecule has 26 heavy (non-hydrogen) atoms. The van der Waals surface area contributed by atoms with Crippen molar-refractivity contribution in [3.63, 3.8) is 0 Å². The third-order valence-electron chi connectivity index (χ3n) is 4.42. The van der Waals surface area contributed by atoms with Gasteiger partial charge < -0.3 is 20.9 Å². The van der Waals surface area contributed by atoms with Gasteiger partial charge in [0.25, 0.3) is 0 Å². The van der Waals surface area contributed by atoms with Gasteiger partial charge in [0.05, 0.1) is 0 Å². The van der Waals surface area contributed by atoms with Gasteiger partial charge >= 0.3 is 0 Å². The summed E-state index contributed by atoms with van der Waals surface area (Å²) in [7, 11) is 1.77. The van der Waals surface area contributed by atoms with Crippen molar-refractivity contribution in [3.8, 4) is 0 Å². The minimum absolute atomic E-state index is 0.0594. The molecule has 0 radical (unpaired) electrons. The molecule has 0 aromatic carbocycles. The molecule has 3 N–H and O–H groups in total. The van der Waals surface area contributed by atoms with Gasteiger partial charge in [-0.2, -0.15) is 0 Å². The highest BCUT2D eigenvalue weighted by atomic mass is 16.2. The summed E-state index contributed by atoms with van der Waals surface area (Å²) in [6.45, 7) is 8.92. The largest absolute Gasteiger partial charge is 0.356 e. The molecule has 2 rings (SSSR count). The van der Waals surface area contributed by atoms with E-state index in [1.807, 2.05) is 39.1 Å². The third-order valence-corrected chi connectivity index (χ3v) is 4.42. The first kappa shape index (κ1) is 20.0. The van der Waals surface area contributed by atoms with Crippen LogP contribution in [0.25, 0.3) is 0 Å². The second-order valence-corrected chi connectivity index (χ2v) is 7.60. The first-order valence-corrected chi connectivity index (χ1v) is 9.31. The highest BCUT2D eigenvalue weighted by Crippen LogP contribution is 2.17. The van der Waals surface area contributed by atoms with E-state index in [9.17, 15) is 4.79 Å². The number of hydrogen-bond acceptors (Lipinski definition) is 4. The molecule has 1 aromatic rings. The predicted molar refractivity (Wildman–Crippen MR) is 106 cm³/mol. The zero-order valence-corrected chi connectivity index (χ0v) is 16.4. The van der Waals surface area contributed by atoms with E-state index < -0.39 is 0 Å². The molecule has 144 valence electrons. The van der Waals surface area contributed by atoms with Gasteiger partial charge in [-0.3, -0.25) is 9.79 Å². The van der Waals surface area contributed by atoms with E-state index in [1.165, 1.54) is 0 Å². The van der Waals surface area contributed by atoms with Crippen LogP contribution in [0.15, 0.2) is 29.4 Å². The van der Waals surface area contributed by atoms with Crippen molar-refractivity contribution >= 4 is 17.7 Å². The number of carbonyl (C=O) groups excluding carboxylic acids is 1. The smallest absolute Gasteiger partial charge is 0.225 e. The maximum atomic E-state index is 11.8. The lowest BCUT2D eigenvalue weighted by Crippen LogP contribution is -2.50. The minimum atomic E-state index is -0.360. The van der Waals surface area contributed by atoms with Gasteiger partial charge in [0.15, 0.2) is 5.96 Å². The van der Waals surface area contributed by atoms with Crippen LogP contribution in [-0.4, -0.2) is 56.1 Å². The number of anilines is 1. The van der Waals surface area contributed by atoms with Crippen molar-refractivity contribution in [1.29, 1.82) is 0 Å². The van der Waals surface area contributed by atoms with Gasteiger partial charge in [0, 0.05) is 50.9 Å². The minimum Gasteiger partial charge on any atom is -0.356 e. The van der Waals surface area contributed by atoms with Gasteiger partial charge in [0.1, 0.15) is 5.82 Å². The summed E-state index contributed by atoms with van der Waals surface area (Å²) in [5.41, 5.74) is -0.360. The molecular formula is C19H32N6O. The predicted octanol–water partition coefficient (Wildman–Crippen LogP) is 1.38. The van der Waals surface area contributed by atoms with Gasteiger partial charge in [-0.15, -0.1) is 0 Å².